The van der Waals surface area contributed by atoms with Crippen molar-refractivity contribution >= 4 is 34.2 Å². The molecule has 0 aliphatic carbocycles. The van der Waals surface area contributed by atoms with E-state index >= 15 is 0 Å². The Bertz CT molecular complexity index is 524. The highest BCUT2D eigenvalue weighted by molar-refractivity contribution is 9.10. The zero-order valence-electron chi connectivity index (χ0n) is 12.4. The van der Waals surface area contributed by atoms with Gasteiger partial charge in [0, 0.05) is 19.3 Å². The number of halogens is 3. The first kappa shape index (κ1) is 19.4. The van der Waals surface area contributed by atoms with Crippen LogP contribution in [0.15, 0.2) is 22.7 Å². The Labute approximate surface area is 144 Å². The summed E-state index contributed by atoms with van der Waals surface area (Å²) in [6.45, 7) is 2.95. The lowest BCUT2D eigenvalue weighted by Crippen LogP contribution is -2.58. The van der Waals surface area contributed by atoms with Crippen molar-refractivity contribution in [2.45, 2.75) is 37.8 Å². The number of nitrogens with one attached hydrogen (secondary N) is 1. The van der Waals surface area contributed by atoms with Gasteiger partial charge in [-0.3, -0.25) is 4.79 Å². The number of ether oxygens (including phenoxy) is 1. The van der Waals surface area contributed by atoms with Crippen LogP contribution in [0.1, 0.15) is 25.3 Å². The average molecular weight is 396 g/mol. The molecule has 1 aromatic carbocycles. The minimum atomic E-state index is -0.837. The molecule has 1 aromatic rings. The van der Waals surface area contributed by atoms with Gasteiger partial charge in [0.2, 0.25) is 5.91 Å². The number of rotatable bonds is 4. The Hall–Kier alpha value is -0.690. The molecule has 4 nitrogen and oxygen atoms in total. The molecule has 124 valence electrons. The third-order valence-electron chi connectivity index (χ3n) is 3.74. The first-order valence-electron chi connectivity index (χ1n) is 7.02. The van der Waals surface area contributed by atoms with Crippen LogP contribution in [0.2, 0.25) is 0 Å². The van der Waals surface area contributed by atoms with E-state index in [1.807, 2.05) is 6.92 Å². The second-order valence-corrected chi connectivity index (χ2v) is 6.45. The van der Waals surface area contributed by atoms with E-state index in [0.29, 0.717) is 36.9 Å². The smallest absolute Gasteiger partial charge is 0.240 e. The minimum Gasteiger partial charge on any atom is -0.381 e. The first-order chi connectivity index (χ1) is 9.90. The molecular weight excluding hydrogens is 375 g/mol. The van der Waals surface area contributed by atoms with Crippen LogP contribution in [0.3, 0.4) is 0 Å². The molecule has 0 bridgehead atoms. The Balaban J connectivity index is 0.00000242. The van der Waals surface area contributed by atoms with Crippen LogP contribution in [0, 0.1) is 5.82 Å². The van der Waals surface area contributed by atoms with Crippen LogP contribution < -0.4 is 11.1 Å². The van der Waals surface area contributed by atoms with E-state index in [4.69, 9.17) is 10.5 Å². The molecule has 1 aliphatic rings. The molecule has 0 aromatic heterocycles. The lowest BCUT2D eigenvalue weighted by Gasteiger charge is -2.33. The van der Waals surface area contributed by atoms with Crippen molar-refractivity contribution < 1.29 is 13.9 Å². The summed E-state index contributed by atoms with van der Waals surface area (Å²) in [5, 5.41) is 2.94. The number of benzene rings is 1. The van der Waals surface area contributed by atoms with Crippen molar-refractivity contribution in [1.82, 2.24) is 5.32 Å². The summed E-state index contributed by atoms with van der Waals surface area (Å²) in [7, 11) is 0. The average Bonchev–Trinajstić information content (AvgIpc) is 2.43. The van der Waals surface area contributed by atoms with Gasteiger partial charge in [0.15, 0.2) is 0 Å². The van der Waals surface area contributed by atoms with E-state index in [2.05, 4.69) is 21.2 Å². The molecule has 1 aliphatic heterocycles. The highest BCUT2D eigenvalue weighted by Gasteiger charge is 2.36. The van der Waals surface area contributed by atoms with Crippen LogP contribution in [0.5, 0.6) is 0 Å². The summed E-state index contributed by atoms with van der Waals surface area (Å²) >= 11 is 3.16. The number of carbonyl (C=O) groups excluding carboxylic acids is 1. The molecule has 0 spiro atoms. The second kappa shape index (κ2) is 8.24. The number of carbonyl (C=O) groups is 1. The van der Waals surface area contributed by atoms with Crippen LogP contribution >= 0.6 is 28.3 Å². The Morgan fingerprint density at radius 1 is 1.50 bits per heavy atom. The minimum absolute atomic E-state index is 0. The highest BCUT2D eigenvalue weighted by atomic mass is 79.9. The summed E-state index contributed by atoms with van der Waals surface area (Å²) < 4.78 is 18.9. The van der Waals surface area contributed by atoms with Gasteiger partial charge in [0.1, 0.15) is 5.82 Å². The maximum Gasteiger partial charge on any atom is 0.240 e. The fourth-order valence-corrected chi connectivity index (χ4v) is 2.83. The standard InChI is InChI=1S/C15H20BrFN2O2.ClH/c1-10(8-11-2-3-13(17)12(16)9-11)19-14(20)15(18)4-6-21-7-5-15;/h2-3,9-10H,4-8,18H2,1H3,(H,19,20);1H. The maximum atomic E-state index is 13.2. The van der Waals surface area contributed by atoms with Gasteiger partial charge in [-0.25, -0.2) is 4.39 Å². The van der Waals surface area contributed by atoms with E-state index in [9.17, 15) is 9.18 Å². The Kier molecular flexibility index (Phi) is 7.25. The molecule has 1 amide bonds. The van der Waals surface area contributed by atoms with Gasteiger partial charge in [-0.1, -0.05) is 6.07 Å². The zero-order chi connectivity index (χ0) is 15.5. The SMILES string of the molecule is CC(Cc1ccc(F)c(Br)c1)NC(=O)C1(N)CCOCC1.Cl. The molecule has 1 atom stereocenters. The van der Waals surface area contributed by atoms with E-state index in [1.54, 1.807) is 12.1 Å². The molecule has 3 N–H and O–H groups in total. The molecule has 0 radical (unpaired) electrons. The summed E-state index contributed by atoms with van der Waals surface area (Å²) in [5.74, 6) is -0.432. The summed E-state index contributed by atoms with van der Waals surface area (Å²) in [4.78, 5) is 12.3. The Morgan fingerprint density at radius 2 is 2.14 bits per heavy atom. The molecule has 7 heteroatoms. The molecule has 1 unspecified atom stereocenters. The summed E-state index contributed by atoms with van der Waals surface area (Å²) in [5.41, 5.74) is 6.25. The van der Waals surface area contributed by atoms with Crippen molar-refractivity contribution in [3.63, 3.8) is 0 Å². The van der Waals surface area contributed by atoms with Crippen LogP contribution in [-0.4, -0.2) is 30.7 Å². The fourth-order valence-electron chi connectivity index (χ4n) is 2.40. The highest BCUT2D eigenvalue weighted by Crippen LogP contribution is 2.20. The number of hydrogen-bond donors (Lipinski definition) is 2. The third-order valence-corrected chi connectivity index (χ3v) is 4.35. The van der Waals surface area contributed by atoms with Gasteiger partial charge >= 0.3 is 0 Å². The second-order valence-electron chi connectivity index (χ2n) is 5.60. The first-order valence-corrected chi connectivity index (χ1v) is 7.81. The number of nitrogens with two attached hydrogens (primary N) is 1. The van der Waals surface area contributed by atoms with E-state index < -0.39 is 5.54 Å². The molecular formula is C15H21BrClFN2O2. The molecule has 2 rings (SSSR count). The number of hydrogen-bond acceptors (Lipinski definition) is 3. The lowest BCUT2D eigenvalue weighted by molar-refractivity contribution is -0.130. The summed E-state index contributed by atoms with van der Waals surface area (Å²) in [6.07, 6.45) is 1.69. The quantitative estimate of drug-likeness (QED) is 0.823. The Morgan fingerprint density at radius 3 is 2.73 bits per heavy atom. The van der Waals surface area contributed by atoms with Gasteiger partial charge in [0.25, 0.3) is 0 Å². The van der Waals surface area contributed by atoms with Crippen LogP contribution in [-0.2, 0) is 16.0 Å². The van der Waals surface area contributed by atoms with E-state index in [0.717, 1.165) is 5.56 Å². The molecule has 0 saturated carbocycles. The predicted octanol–water partition coefficient (Wildman–Crippen LogP) is 2.57. The summed E-state index contributed by atoms with van der Waals surface area (Å²) in [6, 6.07) is 4.79. The predicted molar refractivity (Wildman–Crippen MR) is 89.6 cm³/mol. The normalized spacial score (nSPS) is 18.2. The third kappa shape index (κ3) is 4.91. The van der Waals surface area contributed by atoms with Crippen molar-refractivity contribution in [3.8, 4) is 0 Å². The maximum absolute atomic E-state index is 13.2. The van der Waals surface area contributed by atoms with Gasteiger partial charge in [-0.2, -0.15) is 0 Å². The molecule has 22 heavy (non-hydrogen) atoms. The van der Waals surface area contributed by atoms with Gasteiger partial charge in [-0.15, -0.1) is 12.4 Å². The van der Waals surface area contributed by atoms with Crippen molar-refractivity contribution in [2.24, 2.45) is 5.73 Å². The van der Waals surface area contributed by atoms with E-state index in [-0.39, 0.29) is 30.2 Å². The monoisotopic (exact) mass is 394 g/mol. The largest absolute Gasteiger partial charge is 0.381 e. The van der Waals surface area contributed by atoms with Crippen LogP contribution in [0.4, 0.5) is 4.39 Å². The zero-order valence-corrected chi connectivity index (χ0v) is 14.8. The van der Waals surface area contributed by atoms with Crippen molar-refractivity contribution in [3.05, 3.63) is 34.1 Å². The molecule has 1 heterocycles. The molecule has 1 fully saturated rings. The fraction of sp³-hybridized carbons (Fsp3) is 0.533. The molecule has 1 saturated heterocycles. The van der Waals surface area contributed by atoms with Gasteiger partial charge in [0.05, 0.1) is 10.0 Å². The van der Waals surface area contributed by atoms with E-state index in [1.165, 1.54) is 6.07 Å². The number of amides is 1. The van der Waals surface area contributed by atoms with Crippen LogP contribution in [0.25, 0.3) is 0 Å². The van der Waals surface area contributed by atoms with Crippen molar-refractivity contribution in [2.75, 3.05) is 13.2 Å². The van der Waals surface area contributed by atoms with Gasteiger partial charge in [-0.05, 0) is 59.8 Å². The van der Waals surface area contributed by atoms with Gasteiger partial charge < -0.3 is 15.8 Å². The lowest BCUT2D eigenvalue weighted by atomic mass is 9.90. The van der Waals surface area contributed by atoms with Crippen molar-refractivity contribution in [1.29, 1.82) is 0 Å². The topological polar surface area (TPSA) is 64.4 Å².